The molecule has 2 fully saturated rings. The van der Waals surface area contributed by atoms with Gasteiger partial charge in [-0.2, -0.15) is 12.6 Å². The molecule has 5 rings (SSSR count). The predicted molar refractivity (Wildman–Crippen MR) is 164 cm³/mol. The molecule has 40 heavy (non-hydrogen) atoms. The van der Waals surface area contributed by atoms with Gasteiger partial charge in [0.2, 0.25) is 0 Å². The largest absolute Gasteiger partial charge is 0.479 e. The lowest BCUT2D eigenvalue weighted by molar-refractivity contribution is -0.194. The van der Waals surface area contributed by atoms with E-state index in [2.05, 4.69) is 41.3 Å². The molecular formula is C29H42F2N4O3S2. The van der Waals surface area contributed by atoms with Gasteiger partial charge in [0, 0.05) is 97.4 Å². The second kappa shape index (κ2) is 16.3. The van der Waals surface area contributed by atoms with E-state index < -0.39 is 22.3 Å². The second-order valence-corrected chi connectivity index (χ2v) is 11.6. The number of benzene rings is 1. The van der Waals surface area contributed by atoms with Gasteiger partial charge in [-0.1, -0.05) is 38.1 Å². The fraction of sp³-hybridized carbons (Fsp3) is 0.552. The molecule has 0 saturated carbocycles. The first kappa shape index (κ1) is 34.0. The summed E-state index contributed by atoms with van der Waals surface area (Å²) in [5.41, 5.74) is 0.919. The van der Waals surface area contributed by atoms with Gasteiger partial charge in [-0.3, -0.25) is 18.9 Å². The Kier molecular flexibility index (Phi) is 13.8. The summed E-state index contributed by atoms with van der Waals surface area (Å²) in [6, 6.07) is 8.54. The molecule has 2 aromatic rings. The molecule has 7 nitrogen and oxygen atoms in total. The Morgan fingerprint density at radius 2 is 1.73 bits per heavy atom. The normalized spacial score (nSPS) is 19.7. The zero-order valence-electron chi connectivity index (χ0n) is 23.9. The number of carbonyl (C=O) groups excluding carboxylic acids is 1. The molecule has 0 bridgehead atoms. The van der Waals surface area contributed by atoms with Crippen LogP contribution in [0.3, 0.4) is 0 Å². The van der Waals surface area contributed by atoms with Gasteiger partial charge < -0.3 is 14.6 Å². The number of halogens is 2. The lowest BCUT2D eigenvalue weighted by Gasteiger charge is -2.48. The van der Waals surface area contributed by atoms with Crippen molar-refractivity contribution >= 4 is 36.4 Å². The van der Waals surface area contributed by atoms with Crippen LogP contribution < -0.4 is 4.74 Å². The number of aldehydes is 1. The van der Waals surface area contributed by atoms with Crippen LogP contribution in [0.25, 0.3) is 11.3 Å². The van der Waals surface area contributed by atoms with E-state index in [1.807, 2.05) is 18.7 Å². The highest BCUT2D eigenvalue weighted by Gasteiger charge is 2.59. The van der Waals surface area contributed by atoms with Crippen LogP contribution in [0.2, 0.25) is 0 Å². The fourth-order valence-corrected chi connectivity index (χ4v) is 6.06. The third-order valence-electron chi connectivity index (χ3n) is 6.94. The Labute approximate surface area is 245 Å². The number of carbonyl (C=O) groups is 1. The SMILES string of the molecule is C=NC.CC.CN1CCS(=O)CC1.O=Cc1ccc(-c2cc3c(cn2)OC2(CCN(CS)CC2)C(F)(F)C3)cc1. The Balaban J connectivity index is 0.000000361. The maximum atomic E-state index is 15.1. The lowest BCUT2D eigenvalue weighted by Crippen LogP contribution is -2.61. The van der Waals surface area contributed by atoms with E-state index in [1.165, 1.54) is 0 Å². The van der Waals surface area contributed by atoms with Crippen molar-refractivity contribution in [2.75, 3.05) is 57.7 Å². The van der Waals surface area contributed by atoms with Crippen LogP contribution in [0.4, 0.5) is 8.78 Å². The van der Waals surface area contributed by atoms with Crippen molar-refractivity contribution in [2.45, 2.75) is 44.6 Å². The highest BCUT2D eigenvalue weighted by molar-refractivity contribution is 7.85. The number of piperidine rings is 1. The number of aromatic nitrogens is 1. The molecule has 1 aromatic carbocycles. The molecule has 1 aromatic heterocycles. The maximum absolute atomic E-state index is 15.1. The molecular weight excluding hydrogens is 554 g/mol. The Morgan fingerprint density at radius 1 is 1.15 bits per heavy atom. The highest BCUT2D eigenvalue weighted by Crippen LogP contribution is 2.48. The van der Waals surface area contributed by atoms with E-state index in [-0.39, 0.29) is 19.3 Å². The minimum absolute atomic E-state index is 0.273. The molecule has 0 N–H and O–H groups in total. The smallest absolute Gasteiger partial charge is 0.291 e. The van der Waals surface area contributed by atoms with Gasteiger partial charge in [-0.05, 0) is 19.8 Å². The van der Waals surface area contributed by atoms with Gasteiger partial charge in [0.15, 0.2) is 5.60 Å². The number of likely N-dealkylation sites (tertiary alicyclic amines) is 1. The number of alkyl halides is 2. The number of nitrogens with zero attached hydrogens (tertiary/aromatic N) is 4. The summed E-state index contributed by atoms with van der Waals surface area (Å²) in [5.74, 6) is -0.199. The van der Waals surface area contributed by atoms with Crippen molar-refractivity contribution in [3.63, 3.8) is 0 Å². The van der Waals surface area contributed by atoms with Crippen LogP contribution in [0, 0.1) is 0 Å². The van der Waals surface area contributed by atoms with Crippen molar-refractivity contribution in [1.82, 2.24) is 14.8 Å². The van der Waals surface area contributed by atoms with Gasteiger partial charge >= 0.3 is 0 Å². The standard InChI is InChI=1S/C20H20F2N2O2S.C5H11NOS.C2H5N.C2H6/c21-20(22)10-16-9-17(15-3-1-14(12-25)2-4-15)23-11-18(16)26-19(20)5-7-24(13-27)8-6-19;1-6-2-4-8(7)5-3-6;1-3-2;1-2/h1-4,9,11-12,27H,5-8,10,13H2;2-5H2,1H3;1H2,2H3;1-2H3. The number of hydrogen-bond donors (Lipinski definition) is 1. The minimum atomic E-state index is -2.94. The summed E-state index contributed by atoms with van der Waals surface area (Å²) in [5, 5.41) is 0. The molecule has 2 saturated heterocycles. The fourth-order valence-electron chi connectivity index (χ4n) is 4.54. The molecule has 11 heteroatoms. The van der Waals surface area contributed by atoms with Crippen LogP contribution in [0.15, 0.2) is 41.5 Å². The van der Waals surface area contributed by atoms with Crippen molar-refractivity contribution < 1.29 is 22.5 Å². The lowest BCUT2D eigenvalue weighted by atomic mass is 9.80. The van der Waals surface area contributed by atoms with Crippen LogP contribution in [-0.2, 0) is 17.2 Å². The Hall–Kier alpha value is -2.21. The summed E-state index contributed by atoms with van der Waals surface area (Å²) < 4.78 is 46.7. The molecule has 0 unspecified atom stereocenters. The summed E-state index contributed by atoms with van der Waals surface area (Å²) in [6.45, 7) is 10.2. The number of hydrogen-bond acceptors (Lipinski definition) is 8. The van der Waals surface area contributed by atoms with Crippen LogP contribution in [0.1, 0.15) is 42.6 Å². The molecule has 0 radical (unpaired) electrons. The van der Waals surface area contributed by atoms with Crippen LogP contribution >= 0.6 is 12.6 Å². The first-order valence-corrected chi connectivity index (χ1v) is 15.6. The van der Waals surface area contributed by atoms with E-state index in [1.54, 1.807) is 43.6 Å². The second-order valence-electron chi connectivity index (χ2n) is 9.62. The van der Waals surface area contributed by atoms with Crippen molar-refractivity contribution in [3.8, 4) is 17.0 Å². The van der Waals surface area contributed by atoms with Gasteiger partial charge in [0.05, 0.1) is 11.9 Å². The summed E-state index contributed by atoms with van der Waals surface area (Å²) >= 11 is 4.23. The number of fused-ring (bicyclic) bond motifs is 1. The molecule has 3 aliphatic heterocycles. The molecule has 4 heterocycles. The van der Waals surface area contributed by atoms with E-state index in [9.17, 15) is 9.00 Å². The Bertz CT molecular complexity index is 1100. The predicted octanol–water partition coefficient (Wildman–Crippen LogP) is 4.88. The van der Waals surface area contributed by atoms with Crippen LogP contribution in [0.5, 0.6) is 5.75 Å². The van der Waals surface area contributed by atoms with Gasteiger partial charge in [-0.15, -0.1) is 0 Å². The van der Waals surface area contributed by atoms with Gasteiger partial charge in [0.25, 0.3) is 5.92 Å². The average molecular weight is 597 g/mol. The monoisotopic (exact) mass is 596 g/mol. The van der Waals surface area contributed by atoms with E-state index >= 15 is 8.78 Å². The minimum Gasteiger partial charge on any atom is -0.479 e. The Morgan fingerprint density at radius 3 is 2.23 bits per heavy atom. The summed E-state index contributed by atoms with van der Waals surface area (Å²) in [4.78, 5) is 22.7. The molecule has 1 spiro atoms. The first-order valence-electron chi connectivity index (χ1n) is 13.5. The number of ether oxygens (including phenoxy) is 1. The zero-order valence-corrected chi connectivity index (χ0v) is 25.7. The van der Waals surface area contributed by atoms with Crippen LogP contribution in [-0.4, -0.2) is 101 Å². The van der Waals surface area contributed by atoms with Gasteiger partial charge in [0.1, 0.15) is 12.0 Å². The summed E-state index contributed by atoms with van der Waals surface area (Å²) in [7, 11) is 3.20. The molecule has 0 atom stereocenters. The number of rotatable bonds is 3. The third kappa shape index (κ3) is 8.89. The zero-order chi connectivity index (χ0) is 29.8. The van der Waals surface area contributed by atoms with E-state index in [4.69, 9.17) is 4.74 Å². The number of aliphatic imine (C=N–C) groups is 1. The molecule has 222 valence electrons. The van der Waals surface area contributed by atoms with Crippen molar-refractivity contribution in [2.24, 2.45) is 4.99 Å². The topological polar surface area (TPSA) is 75.1 Å². The number of pyridine rings is 1. The maximum Gasteiger partial charge on any atom is 0.291 e. The quantitative estimate of drug-likeness (QED) is 0.310. The van der Waals surface area contributed by atoms with Crippen molar-refractivity contribution in [3.05, 3.63) is 47.7 Å². The molecule has 0 amide bonds. The highest BCUT2D eigenvalue weighted by atomic mass is 32.2. The third-order valence-corrected chi connectivity index (χ3v) is 8.62. The van der Waals surface area contributed by atoms with Gasteiger partial charge in [-0.25, -0.2) is 8.78 Å². The van der Waals surface area contributed by atoms with E-state index in [0.717, 1.165) is 36.4 Å². The average Bonchev–Trinajstić information content (AvgIpc) is 2.97. The van der Waals surface area contributed by atoms with Crippen molar-refractivity contribution in [1.29, 1.82) is 0 Å². The van der Waals surface area contributed by atoms with E-state index in [0.29, 0.717) is 41.5 Å². The molecule has 0 aliphatic carbocycles. The molecule has 3 aliphatic rings. The summed E-state index contributed by atoms with van der Waals surface area (Å²) in [6.07, 6.45) is 2.49. The number of thiol groups is 1. The first-order chi connectivity index (χ1) is 19.2.